The minimum absolute atomic E-state index is 0.476. The molecule has 2 rings (SSSR count). The summed E-state index contributed by atoms with van der Waals surface area (Å²) in [5.41, 5.74) is 0. The summed E-state index contributed by atoms with van der Waals surface area (Å²) in [6, 6.07) is 13.2. The van der Waals surface area contributed by atoms with Gasteiger partial charge in [-0.05, 0) is 31.2 Å². The molecule has 0 aliphatic rings. The van der Waals surface area contributed by atoms with Gasteiger partial charge in [0.15, 0.2) is 5.96 Å². The molecule has 1 atom stereocenters. The van der Waals surface area contributed by atoms with E-state index < -0.39 is 10.8 Å². The summed E-state index contributed by atoms with van der Waals surface area (Å²) >= 11 is 0. The second kappa shape index (κ2) is 9.04. The maximum Gasteiger partial charge on any atom is 0.191 e. The van der Waals surface area contributed by atoms with Gasteiger partial charge >= 0.3 is 0 Å². The maximum atomic E-state index is 12.1. The van der Waals surface area contributed by atoms with Gasteiger partial charge in [0.25, 0.3) is 0 Å². The molecular formula is C16H21N3O2S. The second-order valence-corrected chi connectivity index (χ2v) is 6.13. The highest BCUT2D eigenvalue weighted by atomic mass is 32.2. The fourth-order valence-electron chi connectivity index (χ4n) is 1.85. The molecule has 0 aliphatic heterocycles. The van der Waals surface area contributed by atoms with Crippen LogP contribution < -0.4 is 10.6 Å². The quantitative estimate of drug-likeness (QED) is 0.606. The van der Waals surface area contributed by atoms with E-state index in [9.17, 15) is 4.21 Å². The Bertz CT molecular complexity index is 597. The van der Waals surface area contributed by atoms with E-state index in [4.69, 9.17) is 4.42 Å². The van der Waals surface area contributed by atoms with Crippen LogP contribution in [0.4, 0.5) is 0 Å². The molecule has 0 bridgehead atoms. The lowest BCUT2D eigenvalue weighted by atomic mass is 10.4. The Morgan fingerprint density at radius 1 is 1.18 bits per heavy atom. The first-order valence-electron chi connectivity index (χ1n) is 7.27. The van der Waals surface area contributed by atoms with Crippen molar-refractivity contribution in [2.45, 2.75) is 18.4 Å². The van der Waals surface area contributed by atoms with Crippen LogP contribution in [0.3, 0.4) is 0 Å². The van der Waals surface area contributed by atoms with Gasteiger partial charge in [-0.15, -0.1) is 0 Å². The van der Waals surface area contributed by atoms with Crippen LogP contribution in [0.25, 0.3) is 0 Å². The molecule has 5 nitrogen and oxygen atoms in total. The second-order valence-electron chi connectivity index (χ2n) is 4.56. The minimum atomic E-state index is -1.00. The average Bonchev–Trinajstić information content (AvgIpc) is 3.06. The third-order valence-electron chi connectivity index (χ3n) is 2.90. The first-order chi connectivity index (χ1) is 10.8. The zero-order valence-corrected chi connectivity index (χ0v) is 13.4. The molecule has 2 N–H and O–H groups in total. The van der Waals surface area contributed by atoms with E-state index in [-0.39, 0.29) is 0 Å². The summed E-state index contributed by atoms with van der Waals surface area (Å²) in [4.78, 5) is 5.28. The molecule has 0 aliphatic carbocycles. The van der Waals surface area contributed by atoms with Crippen LogP contribution in [0.2, 0.25) is 0 Å². The van der Waals surface area contributed by atoms with Crippen molar-refractivity contribution in [3.63, 3.8) is 0 Å². The van der Waals surface area contributed by atoms with Crippen molar-refractivity contribution in [2.75, 3.05) is 18.8 Å². The van der Waals surface area contributed by atoms with Gasteiger partial charge in [-0.25, -0.2) is 4.99 Å². The van der Waals surface area contributed by atoms with Crippen LogP contribution in [-0.4, -0.2) is 29.0 Å². The van der Waals surface area contributed by atoms with E-state index in [2.05, 4.69) is 15.6 Å². The van der Waals surface area contributed by atoms with E-state index in [0.717, 1.165) is 17.2 Å². The van der Waals surface area contributed by atoms with Gasteiger partial charge < -0.3 is 15.1 Å². The van der Waals surface area contributed by atoms with Gasteiger partial charge in [-0.1, -0.05) is 18.2 Å². The topological polar surface area (TPSA) is 66.6 Å². The molecular weight excluding hydrogens is 298 g/mol. The maximum absolute atomic E-state index is 12.1. The van der Waals surface area contributed by atoms with E-state index in [0.29, 0.717) is 24.8 Å². The molecule has 0 fully saturated rings. The SMILES string of the molecule is CCNC(=NCc1ccco1)NCCS(=O)c1ccccc1. The average molecular weight is 319 g/mol. The van der Waals surface area contributed by atoms with Crippen molar-refractivity contribution in [1.29, 1.82) is 0 Å². The van der Waals surface area contributed by atoms with Gasteiger partial charge in [-0.2, -0.15) is 0 Å². The molecule has 0 amide bonds. The lowest BCUT2D eigenvalue weighted by molar-refractivity contribution is 0.512. The van der Waals surface area contributed by atoms with Crippen LogP contribution >= 0.6 is 0 Å². The molecule has 6 heteroatoms. The van der Waals surface area contributed by atoms with Crippen LogP contribution in [0.1, 0.15) is 12.7 Å². The number of hydrogen-bond acceptors (Lipinski definition) is 3. The Hall–Kier alpha value is -2.08. The summed E-state index contributed by atoms with van der Waals surface area (Å²) in [5.74, 6) is 2.05. The number of furan rings is 1. The van der Waals surface area contributed by atoms with Crippen LogP contribution in [0.15, 0.2) is 63.0 Å². The largest absolute Gasteiger partial charge is 0.467 e. The minimum Gasteiger partial charge on any atom is -0.467 e. The third kappa shape index (κ3) is 5.37. The fraction of sp³-hybridized carbons (Fsp3) is 0.312. The Balaban J connectivity index is 1.81. The molecule has 0 saturated heterocycles. The van der Waals surface area contributed by atoms with Gasteiger partial charge in [0.05, 0.1) is 17.1 Å². The highest BCUT2D eigenvalue weighted by molar-refractivity contribution is 7.85. The Kier molecular flexibility index (Phi) is 6.70. The molecule has 0 spiro atoms. The number of nitrogens with one attached hydrogen (secondary N) is 2. The van der Waals surface area contributed by atoms with Gasteiger partial charge in [0.2, 0.25) is 0 Å². The van der Waals surface area contributed by atoms with Crippen molar-refractivity contribution in [3.05, 3.63) is 54.5 Å². The summed E-state index contributed by atoms with van der Waals surface area (Å²) in [7, 11) is -1.00. The number of nitrogens with zero attached hydrogens (tertiary/aromatic N) is 1. The summed E-state index contributed by atoms with van der Waals surface area (Å²) in [6.07, 6.45) is 1.63. The predicted molar refractivity (Wildman–Crippen MR) is 89.2 cm³/mol. The third-order valence-corrected chi connectivity index (χ3v) is 4.28. The zero-order valence-electron chi connectivity index (χ0n) is 12.6. The number of rotatable bonds is 7. The molecule has 0 saturated carbocycles. The normalized spacial score (nSPS) is 12.9. The van der Waals surface area contributed by atoms with E-state index in [1.165, 1.54) is 0 Å². The molecule has 22 heavy (non-hydrogen) atoms. The van der Waals surface area contributed by atoms with Crippen molar-refractivity contribution >= 4 is 16.8 Å². The zero-order chi connectivity index (χ0) is 15.6. The highest BCUT2D eigenvalue weighted by Gasteiger charge is 2.04. The van der Waals surface area contributed by atoms with Crippen molar-refractivity contribution < 1.29 is 8.63 Å². The van der Waals surface area contributed by atoms with Crippen LogP contribution in [0.5, 0.6) is 0 Å². The smallest absolute Gasteiger partial charge is 0.191 e. The van der Waals surface area contributed by atoms with Gasteiger partial charge in [0.1, 0.15) is 12.3 Å². The Labute approximate surface area is 133 Å². The first-order valence-corrected chi connectivity index (χ1v) is 8.59. The first kappa shape index (κ1) is 16.3. The summed E-state index contributed by atoms with van der Waals surface area (Å²) < 4.78 is 17.4. The predicted octanol–water partition coefficient (Wildman–Crippen LogP) is 2.14. The number of aliphatic imine (C=N–C) groups is 1. The standard InChI is InChI=1S/C16H21N3O2S/c1-2-17-16(19-13-14-7-6-11-21-14)18-10-12-22(20)15-8-4-3-5-9-15/h3-9,11H,2,10,12-13H2,1H3,(H2,17,18,19). The van der Waals surface area contributed by atoms with Crippen LogP contribution in [-0.2, 0) is 17.3 Å². The van der Waals surface area contributed by atoms with Gasteiger partial charge in [0, 0.05) is 23.7 Å². The number of guanidine groups is 1. The molecule has 118 valence electrons. The summed E-state index contributed by atoms with van der Waals surface area (Å²) in [6.45, 7) is 3.84. The molecule has 1 heterocycles. The number of hydrogen-bond donors (Lipinski definition) is 2. The van der Waals surface area contributed by atoms with E-state index in [1.54, 1.807) is 6.26 Å². The lowest BCUT2D eigenvalue weighted by Gasteiger charge is -2.10. The van der Waals surface area contributed by atoms with E-state index in [1.807, 2.05) is 49.4 Å². The van der Waals surface area contributed by atoms with Gasteiger partial charge in [-0.3, -0.25) is 4.21 Å². The molecule has 1 aromatic carbocycles. The number of benzene rings is 1. The van der Waals surface area contributed by atoms with Crippen LogP contribution in [0, 0.1) is 0 Å². The van der Waals surface area contributed by atoms with E-state index >= 15 is 0 Å². The van der Waals surface area contributed by atoms with Crippen molar-refractivity contribution in [2.24, 2.45) is 4.99 Å². The fourth-order valence-corrected chi connectivity index (χ4v) is 2.84. The molecule has 1 unspecified atom stereocenters. The lowest BCUT2D eigenvalue weighted by Crippen LogP contribution is -2.39. The Morgan fingerprint density at radius 2 is 2.00 bits per heavy atom. The van der Waals surface area contributed by atoms with Crippen molar-refractivity contribution in [1.82, 2.24) is 10.6 Å². The monoisotopic (exact) mass is 319 g/mol. The van der Waals surface area contributed by atoms with Crippen molar-refractivity contribution in [3.8, 4) is 0 Å². The summed E-state index contributed by atoms with van der Waals surface area (Å²) in [5, 5.41) is 6.34. The molecule has 1 aromatic heterocycles. The Morgan fingerprint density at radius 3 is 2.68 bits per heavy atom. The molecule has 2 aromatic rings. The highest BCUT2D eigenvalue weighted by Crippen LogP contribution is 2.04. The molecule has 0 radical (unpaired) electrons.